The van der Waals surface area contributed by atoms with Gasteiger partial charge in [-0.2, -0.15) is 0 Å². The van der Waals surface area contributed by atoms with Crippen LogP contribution in [0, 0.1) is 0 Å². The molecule has 1 aliphatic carbocycles. The molecule has 0 bridgehead atoms. The highest BCUT2D eigenvalue weighted by molar-refractivity contribution is 5.34. The van der Waals surface area contributed by atoms with Crippen molar-refractivity contribution in [1.29, 1.82) is 0 Å². The molecule has 1 aromatic rings. The number of benzene rings is 1. The van der Waals surface area contributed by atoms with Gasteiger partial charge >= 0.3 is 0 Å². The molecule has 0 aliphatic heterocycles. The minimum atomic E-state index is 0.585. The highest BCUT2D eigenvalue weighted by atomic mass is 14.9. The van der Waals surface area contributed by atoms with Crippen LogP contribution in [0.4, 0.5) is 0 Å². The number of hydrogen-bond acceptors (Lipinski definition) is 3. The number of hydrogen-bond donors (Lipinski definition) is 3. The quantitative estimate of drug-likeness (QED) is 0.596. The summed E-state index contributed by atoms with van der Waals surface area (Å²) in [5.74, 6) is 0. The van der Waals surface area contributed by atoms with Crippen LogP contribution in [0.2, 0.25) is 0 Å². The van der Waals surface area contributed by atoms with Crippen molar-refractivity contribution in [1.82, 2.24) is 10.6 Å². The second kappa shape index (κ2) is 8.31. The molecule has 0 fully saturated rings. The molecule has 4 N–H and O–H groups in total. The summed E-state index contributed by atoms with van der Waals surface area (Å²) in [6.07, 6.45) is 6.06. The Balaban J connectivity index is 1.55. The van der Waals surface area contributed by atoms with Gasteiger partial charge in [0.2, 0.25) is 0 Å². The van der Waals surface area contributed by atoms with E-state index in [9.17, 15) is 0 Å². The molecule has 0 amide bonds. The molecule has 1 unspecified atom stereocenters. The van der Waals surface area contributed by atoms with Crippen molar-refractivity contribution >= 4 is 0 Å². The van der Waals surface area contributed by atoms with E-state index in [-0.39, 0.29) is 0 Å². The predicted octanol–water partition coefficient (Wildman–Crippen LogP) is 1.98. The molecule has 2 rings (SSSR count). The Hall–Kier alpha value is -0.900. The number of nitrogens with one attached hydrogen (secondary N) is 2. The lowest BCUT2D eigenvalue weighted by Gasteiger charge is -2.14. The van der Waals surface area contributed by atoms with Crippen molar-refractivity contribution in [3.63, 3.8) is 0 Å². The molecular weight excluding hydrogens is 234 g/mol. The monoisotopic (exact) mass is 261 g/mol. The van der Waals surface area contributed by atoms with E-state index in [0.717, 1.165) is 32.6 Å². The fourth-order valence-electron chi connectivity index (χ4n) is 2.77. The van der Waals surface area contributed by atoms with Gasteiger partial charge in [-0.15, -0.1) is 0 Å². The van der Waals surface area contributed by atoms with E-state index in [2.05, 4.69) is 34.9 Å². The van der Waals surface area contributed by atoms with E-state index in [0.29, 0.717) is 6.04 Å². The van der Waals surface area contributed by atoms with Gasteiger partial charge in [0.25, 0.3) is 0 Å². The SMILES string of the molecule is NCCCNCCCCNC1CCc2ccccc21. The standard InChI is InChI=1S/C16H27N3/c17-10-5-12-18-11-3-4-13-19-16-9-8-14-6-1-2-7-15(14)16/h1-2,6-7,16,18-19H,3-5,8-13,17H2. The molecule has 0 heterocycles. The highest BCUT2D eigenvalue weighted by Gasteiger charge is 2.20. The van der Waals surface area contributed by atoms with Crippen molar-refractivity contribution in [3.8, 4) is 0 Å². The van der Waals surface area contributed by atoms with Gasteiger partial charge in [0, 0.05) is 6.04 Å². The summed E-state index contributed by atoms with van der Waals surface area (Å²) in [5, 5.41) is 7.11. The van der Waals surface area contributed by atoms with Crippen molar-refractivity contribution < 1.29 is 0 Å². The fourth-order valence-corrected chi connectivity index (χ4v) is 2.77. The average molecular weight is 261 g/mol. The Kier molecular flexibility index (Phi) is 6.34. The number of nitrogens with two attached hydrogens (primary N) is 1. The topological polar surface area (TPSA) is 50.1 Å². The zero-order valence-electron chi connectivity index (χ0n) is 11.8. The van der Waals surface area contributed by atoms with Crippen LogP contribution in [0.1, 0.15) is 42.9 Å². The van der Waals surface area contributed by atoms with Gasteiger partial charge in [-0.3, -0.25) is 0 Å². The van der Waals surface area contributed by atoms with Gasteiger partial charge in [0.1, 0.15) is 0 Å². The number of fused-ring (bicyclic) bond motifs is 1. The summed E-state index contributed by atoms with van der Waals surface area (Å²) in [4.78, 5) is 0. The van der Waals surface area contributed by atoms with Gasteiger partial charge in [-0.05, 0) is 69.4 Å². The molecule has 1 aliphatic rings. The average Bonchev–Trinajstić information content (AvgIpc) is 2.85. The van der Waals surface area contributed by atoms with E-state index < -0.39 is 0 Å². The molecule has 3 heteroatoms. The summed E-state index contributed by atoms with van der Waals surface area (Å²) in [6.45, 7) is 4.08. The lowest BCUT2D eigenvalue weighted by molar-refractivity contribution is 0.504. The van der Waals surface area contributed by atoms with Crippen LogP contribution in [-0.2, 0) is 6.42 Å². The van der Waals surface area contributed by atoms with Crippen LogP contribution >= 0.6 is 0 Å². The van der Waals surface area contributed by atoms with E-state index in [1.54, 1.807) is 0 Å². The lowest BCUT2D eigenvalue weighted by atomic mass is 10.1. The lowest BCUT2D eigenvalue weighted by Crippen LogP contribution is -2.23. The molecule has 1 atom stereocenters. The van der Waals surface area contributed by atoms with Crippen LogP contribution < -0.4 is 16.4 Å². The van der Waals surface area contributed by atoms with E-state index in [1.165, 1.54) is 36.8 Å². The summed E-state index contributed by atoms with van der Waals surface area (Å²) in [7, 11) is 0. The third-order valence-corrected chi connectivity index (χ3v) is 3.86. The maximum atomic E-state index is 5.45. The molecule has 0 aromatic heterocycles. The molecular formula is C16H27N3. The molecule has 3 nitrogen and oxygen atoms in total. The van der Waals surface area contributed by atoms with E-state index >= 15 is 0 Å². The van der Waals surface area contributed by atoms with Gasteiger partial charge < -0.3 is 16.4 Å². The minimum absolute atomic E-state index is 0.585. The fraction of sp³-hybridized carbons (Fsp3) is 0.625. The first-order chi connectivity index (χ1) is 9.42. The van der Waals surface area contributed by atoms with Gasteiger partial charge in [0.05, 0.1) is 0 Å². The molecule has 0 saturated heterocycles. The zero-order valence-corrected chi connectivity index (χ0v) is 11.8. The summed E-state index contributed by atoms with van der Waals surface area (Å²) < 4.78 is 0. The van der Waals surface area contributed by atoms with Crippen LogP contribution in [-0.4, -0.2) is 26.2 Å². The smallest absolute Gasteiger partial charge is 0.0326 e. The first kappa shape index (κ1) is 14.5. The molecule has 0 saturated carbocycles. The molecule has 106 valence electrons. The van der Waals surface area contributed by atoms with Crippen LogP contribution in [0.5, 0.6) is 0 Å². The predicted molar refractivity (Wildman–Crippen MR) is 81.3 cm³/mol. The molecule has 0 radical (unpaired) electrons. The Morgan fingerprint density at radius 3 is 2.74 bits per heavy atom. The first-order valence-corrected chi connectivity index (χ1v) is 7.64. The zero-order chi connectivity index (χ0) is 13.3. The maximum Gasteiger partial charge on any atom is 0.0326 e. The Labute approximate surface area is 117 Å². The maximum absolute atomic E-state index is 5.45. The van der Waals surface area contributed by atoms with Gasteiger partial charge in [0.15, 0.2) is 0 Å². The Morgan fingerprint density at radius 1 is 1.05 bits per heavy atom. The van der Waals surface area contributed by atoms with E-state index in [4.69, 9.17) is 5.73 Å². The largest absolute Gasteiger partial charge is 0.330 e. The molecule has 0 spiro atoms. The number of aryl methyl sites for hydroxylation is 1. The molecule has 1 aromatic carbocycles. The number of rotatable bonds is 9. The van der Waals surface area contributed by atoms with Crippen LogP contribution in [0.25, 0.3) is 0 Å². The second-order valence-corrected chi connectivity index (χ2v) is 5.34. The third kappa shape index (κ3) is 4.60. The second-order valence-electron chi connectivity index (χ2n) is 5.34. The minimum Gasteiger partial charge on any atom is -0.330 e. The third-order valence-electron chi connectivity index (χ3n) is 3.86. The van der Waals surface area contributed by atoms with E-state index in [1.807, 2.05) is 0 Å². The first-order valence-electron chi connectivity index (χ1n) is 7.64. The molecule has 19 heavy (non-hydrogen) atoms. The van der Waals surface area contributed by atoms with Crippen LogP contribution in [0.15, 0.2) is 24.3 Å². The van der Waals surface area contributed by atoms with Gasteiger partial charge in [-0.1, -0.05) is 24.3 Å². The Bertz CT molecular complexity index is 365. The summed E-state index contributed by atoms with van der Waals surface area (Å²) >= 11 is 0. The highest BCUT2D eigenvalue weighted by Crippen LogP contribution is 2.30. The van der Waals surface area contributed by atoms with Crippen molar-refractivity contribution in [2.24, 2.45) is 5.73 Å². The van der Waals surface area contributed by atoms with Crippen molar-refractivity contribution in [3.05, 3.63) is 35.4 Å². The Morgan fingerprint density at radius 2 is 1.84 bits per heavy atom. The van der Waals surface area contributed by atoms with Crippen molar-refractivity contribution in [2.75, 3.05) is 26.2 Å². The summed E-state index contributed by atoms with van der Waals surface area (Å²) in [5.41, 5.74) is 8.50. The van der Waals surface area contributed by atoms with Crippen molar-refractivity contribution in [2.45, 2.75) is 38.1 Å². The van der Waals surface area contributed by atoms with Gasteiger partial charge in [-0.25, -0.2) is 0 Å². The summed E-state index contributed by atoms with van der Waals surface area (Å²) in [6, 6.07) is 9.42. The number of unbranched alkanes of at least 4 members (excludes halogenated alkanes) is 1. The van der Waals surface area contributed by atoms with Crippen LogP contribution in [0.3, 0.4) is 0 Å². The normalized spacial score (nSPS) is 17.6.